The number of Topliss-reactive ketones (excluding diaryl/α,β-unsaturated/α-hetero) is 1. The third kappa shape index (κ3) is 2.27. The van der Waals surface area contributed by atoms with E-state index >= 15 is 0 Å². The molecule has 14 heavy (non-hydrogen) atoms. The molecule has 0 unspecified atom stereocenters. The number of rotatable bonds is 2. The number of carbonyl (C=O) groups is 1. The maximum atomic E-state index is 11.3. The SMILES string of the molecule is N#Cc1cc(C(=O)CBr)c(Cl)cc1Cl. The molecule has 0 saturated carbocycles. The van der Waals surface area contributed by atoms with Crippen molar-refractivity contribution in [3.63, 3.8) is 0 Å². The molecule has 0 atom stereocenters. The first-order valence-corrected chi connectivity index (χ1v) is 5.46. The normalized spacial score (nSPS) is 9.57. The Morgan fingerprint density at radius 1 is 1.43 bits per heavy atom. The number of halogens is 3. The van der Waals surface area contributed by atoms with Gasteiger partial charge in [0, 0.05) is 5.56 Å². The van der Waals surface area contributed by atoms with Gasteiger partial charge in [-0.1, -0.05) is 39.1 Å². The van der Waals surface area contributed by atoms with Gasteiger partial charge in [0.25, 0.3) is 0 Å². The summed E-state index contributed by atoms with van der Waals surface area (Å²) >= 11 is 14.5. The first kappa shape index (κ1) is 11.5. The van der Waals surface area contributed by atoms with E-state index < -0.39 is 0 Å². The molecule has 0 amide bonds. The van der Waals surface area contributed by atoms with Crippen molar-refractivity contribution in [3.8, 4) is 6.07 Å². The zero-order chi connectivity index (χ0) is 10.7. The number of nitrogens with zero attached hydrogens (tertiary/aromatic N) is 1. The van der Waals surface area contributed by atoms with Crippen LogP contribution in [0.5, 0.6) is 0 Å². The summed E-state index contributed by atoms with van der Waals surface area (Å²) in [4.78, 5) is 11.3. The van der Waals surface area contributed by atoms with Gasteiger partial charge in [-0.15, -0.1) is 0 Å². The van der Waals surface area contributed by atoms with E-state index in [-0.39, 0.29) is 26.7 Å². The molecular formula is C9H4BrCl2NO. The van der Waals surface area contributed by atoms with Crippen LogP contribution >= 0.6 is 39.1 Å². The highest BCUT2D eigenvalue weighted by Crippen LogP contribution is 2.25. The molecule has 1 aromatic rings. The lowest BCUT2D eigenvalue weighted by molar-refractivity contribution is 0.102. The van der Waals surface area contributed by atoms with Crippen molar-refractivity contribution in [1.82, 2.24) is 0 Å². The first-order chi connectivity index (χ1) is 6.60. The van der Waals surface area contributed by atoms with Crippen LogP contribution in [0, 0.1) is 11.3 Å². The molecule has 0 bridgehead atoms. The summed E-state index contributed by atoms with van der Waals surface area (Å²) in [7, 11) is 0. The highest BCUT2D eigenvalue weighted by Gasteiger charge is 2.12. The summed E-state index contributed by atoms with van der Waals surface area (Å²) in [6, 6.07) is 4.68. The summed E-state index contributed by atoms with van der Waals surface area (Å²) in [6.07, 6.45) is 0. The Morgan fingerprint density at radius 2 is 2.07 bits per heavy atom. The van der Waals surface area contributed by atoms with Crippen LogP contribution < -0.4 is 0 Å². The highest BCUT2D eigenvalue weighted by molar-refractivity contribution is 9.09. The van der Waals surface area contributed by atoms with E-state index in [4.69, 9.17) is 28.5 Å². The summed E-state index contributed by atoms with van der Waals surface area (Å²) in [5.41, 5.74) is 0.560. The molecule has 0 fully saturated rings. The summed E-state index contributed by atoms with van der Waals surface area (Å²) in [5.74, 6) is -0.178. The van der Waals surface area contributed by atoms with Crippen LogP contribution in [0.25, 0.3) is 0 Å². The molecule has 5 heteroatoms. The summed E-state index contributed by atoms with van der Waals surface area (Å²) in [5, 5.41) is 9.37. The minimum Gasteiger partial charge on any atom is -0.293 e. The Balaban J connectivity index is 3.33. The maximum absolute atomic E-state index is 11.3. The van der Waals surface area contributed by atoms with Crippen molar-refractivity contribution < 1.29 is 4.79 Å². The van der Waals surface area contributed by atoms with E-state index in [1.54, 1.807) is 0 Å². The summed E-state index contributed by atoms with van der Waals surface area (Å²) in [6.45, 7) is 0. The van der Waals surface area contributed by atoms with Crippen LogP contribution in [0.3, 0.4) is 0 Å². The zero-order valence-electron chi connectivity index (χ0n) is 6.85. The number of carbonyl (C=O) groups excluding carboxylic acids is 1. The first-order valence-electron chi connectivity index (χ1n) is 3.58. The van der Waals surface area contributed by atoms with Gasteiger partial charge in [-0.3, -0.25) is 4.79 Å². The van der Waals surface area contributed by atoms with Crippen molar-refractivity contribution in [2.45, 2.75) is 0 Å². The second kappa shape index (κ2) is 4.79. The van der Waals surface area contributed by atoms with Crippen LogP contribution in [0.2, 0.25) is 10.0 Å². The fourth-order valence-electron chi connectivity index (χ4n) is 0.920. The molecule has 1 aromatic carbocycles. The highest BCUT2D eigenvalue weighted by atomic mass is 79.9. The quantitative estimate of drug-likeness (QED) is 0.619. The molecule has 0 heterocycles. The van der Waals surface area contributed by atoms with Crippen LogP contribution in [0.1, 0.15) is 15.9 Å². The van der Waals surface area contributed by atoms with E-state index in [1.807, 2.05) is 6.07 Å². The lowest BCUT2D eigenvalue weighted by Crippen LogP contribution is -2.01. The van der Waals surface area contributed by atoms with Gasteiger partial charge in [0.15, 0.2) is 5.78 Å². The largest absolute Gasteiger partial charge is 0.293 e. The maximum Gasteiger partial charge on any atom is 0.174 e. The average molecular weight is 293 g/mol. The van der Waals surface area contributed by atoms with Crippen LogP contribution in [-0.2, 0) is 0 Å². The van der Waals surface area contributed by atoms with E-state index in [0.717, 1.165) is 0 Å². The molecule has 0 aliphatic heterocycles. The molecule has 0 aliphatic carbocycles. The van der Waals surface area contributed by atoms with Gasteiger partial charge in [-0.25, -0.2) is 0 Å². The Bertz CT molecular complexity index is 426. The predicted molar refractivity (Wildman–Crippen MR) is 59.3 cm³/mol. The average Bonchev–Trinajstić information content (AvgIpc) is 2.17. The van der Waals surface area contributed by atoms with E-state index in [1.165, 1.54) is 12.1 Å². The van der Waals surface area contributed by atoms with Gasteiger partial charge < -0.3 is 0 Å². The second-order valence-corrected chi connectivity index (χ2v) is 3.86. The van der Waals surface area contributed by atoms with E-state index in [9.17, 15) is 4.79 Å². The third-order valence-corrected chi connectivity index (χ3v) is 2.73. The minimum atomic E-state index is -0.178. The lowest BCUT2D eigenvalue weighted by Gasteiger charge is -2.02. The fraction of sp³-hybridized carbons (Fsp3) is 0.111. The smallest absolute Gasteiger partial charge is 0.174 e. The van der Waals surface area contributed by atoms with Crippen molar-refractivity contribution in [1.29, 1.82) is 5.26 Å². The number of hydrogen-bond donors (Lipinski definition) is 0. The number of alkyl halides is 1. The summed E-state index contributed by atoms with van der Waals surface area (Å²) < 4.78 is 0. The zero-order valence-corrected chi connectivity index (χ0v) is 9.95. The molecule has 1 rings (SSSR count). The second-order valence-electron chi connectivity index (χ2n) is 2.48. The Kier molecular flexibility index (Phi) is 3.94. The van der Waals surface area contributed by atoms with Crippen LogP contribution in [-0.4, -0.2) is 11.1 Å². The Hall–Kier alpha value is -0.560. The van der Waals surface area contributed by atoms with Gasteiger partial charge >= 0.3 is 0 Å². The van der Waals surface area contributed by atoms with E-state index in [0.29, 0.717) is 5.56 Å². The molecule has 0 aromatic heterocycles. The standard InChI is InChI=1S/C9H4BrCl2NO/c10-3-9(14)6-1-5(4-13)7(11)2-8(6)12/h1-2H,3H2. The predicted octanol–water partition coefficient (Wildman–Crippen LogP) is 3.44. The number of ketones is 1. The molecule has 0 aliphatic rings. The van der Waals surface area contributed by atoms with Crippen molar-refractivity contribution in [3.05, 3.63) is 33.3 Å². The Labute approximate surface area is 99.6 Å². The lowest BCUT2D eigenvalue weighted by atomic mass is 10.1. The minimum absolute atomic E-state index is 0.166. The van der Waals surface area contributed by atoms with Gasteiger partial charge in [0.1, 0.15) is 6.07 Å². The monoisotopic (exact) mass is 291 g/mol. The fourth-order valence-corrected chi connectivity index (χ4v) is 1.75. The topological polar surface area (TPSA) is 40.9 Å². The van der Waals surface area contributed by atoms with Crippen molar-refractivity contribution >= 4 is 44.9 Å². The van der Waals surface area contributed by atoms with Gasteiger partial charge in [0.05, 0.1) is 20.9 Å². The third-order valence-electron chi connectivity index (χ3n) is 1.60. The van der Waals surface area contributed by atoms with Crippen LogP contribution in [0.4, 0.5) is 0 Å². The molecule has 72 valence electrons. The number of benzene rings is 1. The van der Waals surface area contributed by atoms with Gasteiger partial charge in [-0.2, -0.15) is 5.26 Å². The molecule has 0 radical (unpaired) electrons. The van der Waals surface area contributed by atoms with Gasteiger partial charge in [0.2, 0.25) is 0 Å². The van der Waals surface area contributed by atoms with Crippen molar-refractivity contribution in [2.24, 2.45) is 0 Å². The molecule has 0 N–H and O–H groups in total. The van der Waals surface area contributed by atoms with E-state index in [2.05, 4.69) is 15.9 Å². The van der Waals surface area contributed by atoms with Crippen molar-refractivity contribution in [2.75, 3.05) is 5.33 Å². The number of nitriles is 1. The molecule has 0 spiro atoms. The molecule has 2 nitrogen and oxygen atoms in total. The van der Waals surface area contributed by atoms with Gasteiger partial charge in [-0.05, 0) is 12.1 Å². The molecular weight excluding hydrogens is 289 g/mol. The Morgan fingerprint density at radius 3 is 2.57 bits per heavy atom. The number of hydrogen-bond acceptors (Lipinski definition) is 2. The van der Waals surface area contributed by atoms with Crippen LogP contribution in [0.15, 0.2) is 12.1 Å². The molecule has 0 saturated heterocycles.